The predicted molar refractivity (Wildman–Crippen MR) is 145 cm³/mol. The van der Waals surface area contributed by atoms with E-state index in [2.05, 4.69) is 10.6 Å². The van der Waals surface area contributed by atoms with E-state index in [4.69, 9.17) is 5.73 Å². The van der Waals surface area contributed by atoms with E-state index in [1.165, 1.54) is 12.1 Å². The SMILES string of the molecule is NCCCN(CCCCNCCCNC(=O)CCc1cccc(O)c1)C(=O)CCc1ccc(O)c(O)c1. The van der Waals surface area contributed by atoms with Crippen molar-refractivity contribution in [3.63, 3.8) is 0 Å². The maximum Gasteiger partial charge on any atom is 0.222 e. The first-order valence-corrected chi connectivity index (χ1v) is 13.1. The number of aromatic hydroxyl groups is 3. The molecule has 7 N–H and O–H groups in total. The van der Waals surface area contributed by atoms with Gasteiger partial charge >= 0.3 is 0 Å². The van der Waals surface area contributed by atoms with Crippen molar-refractivity contribution in [1.29, 1.82) is 0 Å². The summed E-state index contributed by atoms with van der Waals surface area (Å²) < 4.78 is 0. The van der Waals surface area contributed by atoms with Crippen LogP contribution < -0.4 is 16.4 Å². The minimum Gasteiger partial charge on any atom is -0.508 e. The summed E-state index contributed by atoms with van der Waals surface area (Å²) in [5.74, 6) is -0.0582. The van der Waals surface area contributed by atoms with Gasteiger partial charge in [-0.1, -0.05) is 18.2 Å². The van der Waals surface area contributed by atoms with Gasteiger partial charge in [-0.15, -0.1) is 0 Å². The van der Waals surface area contributed by atoms with Gasteiger partial charge in [-0.3, -0.25) is 9.59 Å². The number of hydrogen-bond acceptors (Lipinski definition) is 7. The van der Waals surface area contributed by atoms with Crippen LogP contribution in [0.3, 0.4) is 0 Å². The van der Waals surface area contributed by atoms with Gasteiger partial charge in [0.1, 0.15) is 5.75 Å². The fourth-order valence-corrected chi connectivity index (χ4v) is 3.95. The molecule has 2 amide bonds. The molecule has 204 valence electrons. The Morgan fingerprint density at radius 2 is 1.51 bits per heavy atom. The second kappa shape index (κ2) is 17.2. The summed E-state index contributed by atoms with van der Waals surface area (Å²) in [6.07, 6.45) is 5.25. The largest absolute Gasteiger partial charge is 0.508 e. The minimum absolute atomic E-state index is 0.00722. The summed E-state index contributed by atoms with van der Waals surface area (Å²) >= 11 is 0. The Kier molecular flexibility index (Phi) is 13.9. The van der Waals surface area contributed by atoms with E-state index < -0.39 is 0 Å². The Balaban J connectivity index is 1.54. The Morgan fingerprint density at radius 3 is 2.27 bits per heavy atom. The summed E-state index contributed by atoms with van der Waals surface area (Å²) in [6.45, 7) is 4.11. The Bertz CT molecular complexity index is 969. The van der Waals surface area contributed by atoms with E-state index in [1.807, 2.05) is 11.0 Å². The fraction of sp³-hybridized carbons (Fsp3) is 0.500. The maximum atomic E-state index is 12.7. The molecule has 2 aromatic carbocycles. The van der Waals surface area contributed by atoms with Crippen molar-refractivity contribution in [1.82, 2.24) is 15.5 Å². The molecule has 9 nitrogen and oxygen atoms in total. The highest BCUT2D eigenvalue weighted by atomic mass is 16.3. The topological polar surface area (TPSA) is 148 Å². The first-order valence-electron chi connectivity index (χ1n) is 13.1. The molecule has 0 heterocycles. The van der Waals surface area contributed by atoms with Gasteiger partial charge in [0.2, 0.25) is 11.8 Å². The van der Waals surface area contributed by atoms with Crippen molar-refractivity contribution in [2.45, 2.75) is 51.4 Å². The average molecular weight is 515 g/mol. The van der Waals surface area contributed by atoms with E-state index in [9.17, 15) is 24.9 Å². The van der Waals surface area contributed by atoms with Crippen LogP contribution in [0.1, 0.15) is 49.7 Å². The third-order valence-corrected chi connectivity index (χ3v) is 6.09. The number of hydrogen-bond donors (Lipinski definition) is 6. The number of phenols is 3. The lowest BCUT2D eigenvalue weighted by molar-refractivity contribution is -0.131. The van der Waals surface area contributed by atoms with E-state index in [0.29, 0.717) is 51.9 Å². The number of aryl methyl sites for hydroxylation is 2. The molecule has 0 saturated carbocycles. The van der Waals surface area contributed by atoms with E-state index in [0.717, 1.165) is 49.9 Å². The lowest BCUT2D eigenvalue weighted by Crippen LogP contribution is -2.34. The van der Waals surface area contributed by atoms with Crippen molar-refractivity contribution in [3.8, 4) is 17.2 Å². The molecular weight excluding hydrogens is 472 g/mol. The number of rotatable bonds is 18. The molecular formula is C28H42N4O5. The lowest BCUT2D eigenvalue weighted by Gasteiger charge is -2.23. The molecule has 0 bridgehead atoms. The zero-order valence-corrected chi connectivity index (χ0v) is 21.6. The summed E-state index contributed by atoms with van der Waals surface area (Å²) in [7, 11) is 0. The highest BCUT2D eigenvalue weighted by Crippen LogP contribution is 2.25. The molecule has 0 saturated heterocycles. The van der Waals surface area contributed by atoms with Gasteiger partial charge in [-0.05, 0) is 93.6 Å². The molecule has 0 spiro atoms. The molecule has 37 heavy (non-hydrogen) atoms. The van der Waals surface area contributed by atoms with Crippen LogP contribution in [0.2, 0.25) is 0 Å². The molecule has 9 heteroatoms. The van der Waals surface area contributed by atoms with Crippen LogP contribution in [0, 0.1) is 0 Å². The van der Waals surface area contributed by atoms with Crippen LogP contribution >= 0.6 is 0 Å². The van der Waals surface area contributed by atoms with Gasteiger partial charge in [0.05, 0.1) is 0 Å². The first kappa shape index (κ1) is 29.9. The summed E-state index contributed by atoms with van der Waals surface area (Å²) in [5.41, 5.74) is 7.39. The molecule has 0 radical (unpaired) electrons. The van der Waals surface area contributed by atoms with Gasteiger partial charge in [0.25, 0.3) is 0 Å². The van der Waals surface area contributed by atoms with Gasteiger partial charge < -0.3 is 36.6 Å². The standard InChI is InChI=1S/C28H42N4O5/c29-14-4-19-32(28(37)13-10-23-8-11-25(34)26(35)21-23)18-2-1-15-30-16-5-17-31-27(36)12-9-22-6-3-7-24(33)20-22/h3,6-8,11,20-21,30,33-35H,1-2,4-5,9-10,12-19,29H2,(H,31,36). The quantitative estimate of drug-likeness (QED) is 0.132. The third-order valence-electron chi connectivity index (χ3n) is 6.09. The lowest BCUT2D eigenvalue weighted by atomic mass is 10.1. The zero-order valence-electron chi connectivity index (χ0n) is 21.6. The Morgan fingerprint density at radius 1 is 0.784 bits per heavy atom. The maximum absolute atomic E-state index is 12.7. The Hall–Kier alpha value is -3.30. The highest BCUT2D eigenvalue weighted by molar-refractivity contribution is 5.76. The normalized spacial score (nSPS) is 10.8. The van der Waals surface area contributed by atoms with E-state index in [-0.39, 0.29) is 29.1 Å². The van der Waals surface area contributed by atoms with Crippen molar-refractivity contribution >= 4 is 11.8 Å². The predicted octanol–water partition coefficient (Wildman–Crippen LogP) is 2.42. The number of carbonyl (C=O) groups excluding carboxylic acids is 2. The molecule has 2 aromatic rings. The summed E-state index contributed by atoms with van der Waals surface area (Å²) in [4.78, 5) is 26.6. The van der Waals surface area contributed by atoms with Crippen LogP contribution in [0.15, 0.2) is 42.5 Å². The second-order valence-corrected chi connectivity index (χ2v) is 9.18. The highest BCUT2D eigenvalue weighted by Gasteiger charge is 2.13. The number of nitrogens with two attached hydrogens (primary N) is 1. The fourth-order valence-electron chi connectivity index (χ4n) is 3.95. The molecule has 0 atom stereocenters. The zero-order chi connectivity index (χ0) is 26.9. The molecule has 2 rings (SSSR count). The number of nitrogens with one attached hydrogen (secondary N) is 2. The van der Waals surface area contributed by atoms with Crippen LogP contribution in [-0.4, -0.2) is 71.3 Å². The molecule has 0 fully saturated rings. The second-order valence-electron chi connectivity index (χ2n) is 9.18. The van der Waals surface area contributed by atoms with Crippen molar-refractivity contribution in [3.05, 3.63) is 53.6 Å². The van der Waals surface area contributed by atoms with Crippen LogP contribution in [0.25, 0.3) is 0 Å². The first-order chi connectivity index (χ1) is 17.9. The van der Waals surface area contributed by atoms with Crippen molar-refractivity contribution in [2.24, 2.45) is 5.73 Å². The molecule has 0 aliphatic carbocycles. The number of phenolic OH excluding ortho intramolecular Hbond substituents is 3. The average Bonchev–Trinajstić information content (AvgIpc) is 2.88. The third kappa shape index (κ3) is 12.5. The Labute approximate surface area is 219 Å². The summed E-state index contributed by atoms with van der Waals surface area (Å²) in [6, 6.07) is 11.6. The number of unbranched alkanes of at least 4 members (excludes halogenated alkanes) is 1. The molecule has 0 aliphatic rings. The van der Waals surface area contributed by atoms with Gasteiger partial charge in [-0.25, -0.2) is 0 Å². The molecule has 0 aromatic heterocycles. The molecule has 0 unspecified atom stereocenters. The van der Waals surface area contributed by atoms with E-state index in [1.54, 1.807) is 24.3 Å². The van der Waals surface area contributed by atoms with Gasteiger partial charge in [-0.2, -0.15) is 0 Å². The van der Waals surface area contributed by atoms with Crippen molar-refractivity contribution in [2.75, 3.05) is 39.3 Å². The van der Waals surface area contributed by atoms with Crippen LogP contribution in [-0.2, 0) is 22.4 Å². The summed E-state index contributed by atoms with van der Waals surface area (Å²) in [5, 5.41) is 34.8. The number of nitrogens with zero attached hydrogens (tertiary/aromatic N) is 1. The van der Waals surface area contributed by atoms with E-state index >= 15 is 0 Å². The van der Waals surface area contributed by atoms with Gasteiger partial charge in [0, 0.05) is 32.5 Å². The van der Waals surface area contributed by atoms with Crippen LogP contribution in [0.5, 0.6) is 17.2 Å². The minimum atomic E-state index is -0.176. The number of carbonyl (C=O) groups is 2. The number of amides is 2. The monoisotopic (exact) mass is 514 g/mol. The van der Waals surface area contributed by atoms with Gasteiger partial charge in [0.15, 0.2) is 11.5 Å². The van der Waals surface area contributed by atoms with Crippen molar-refractivity contribution < 1.29 is 24.9 Å². The number of benzene rings is 2. The molecule has 0 aliphatic heterocycles. The van der Waals surface area contributed by atoms with Crippen LogP contribution in [0.4, 0.5) is 0 Å². The smallest absolute Gasteiger partial charge is 0.222 e.